The van der Waals surface area contributed by atoms with E-state index in [0.717, 1.165) is 35.0 Å². The minimum absolute atomic E-state index is 0.192. The highest BCUT2D eigenvalue weighted by atomic mass is 32.2. The molecule has 1 amide bonds. The lowest BCUT2D eigenvalue weighted by Crippen LogP contribution is -2.14. The third kappa shape index (κ3) is 3.71. The van der Waals surface area contributed by atoms with Crippen molar-refractivity contribution in [1.82, 2.24) is 9.78 Å². The number of benzene rings is 1. The fourth-order valence-corrected chi connectivity index (χ4v) is 5.49. The molecule has 0 aliphatic heterocycles. The van der Waals surface area contributed by atoms with E-state index in [4.69, 9.17) is 5.10 Å². The number of nitrogens with one attached hydrogen (secondary N) is 1. The van der Waals surface area contributed by atoms with Gasteiger partial charge in [-0.1, -0.05) is 19.3 Å². The molecule has 0 atom stereocenters. The summed E-state index contributed by atoms with van der Waals surface area (Å²) < 4.78 is 25.2. The van der Waals surface area contributed by atoms with Gasteiger partial charge in [0.1, 0.15) is 4.83 Å². The zero-order valence-electron chi connectivity index (χ0n) is 15.9. The molecule has 1 aliphatic carbocycles. The Kier molecular flexibility index (Phi) is 5.01. The molecule has 2 aromatic heterocycles. The van der Waals surface area contributed by atoms with Crippen molar-refractivity contribution in [2.24, 2.45) is 0 Å². The van der Waals surface area contributed by atoms with Crippen LogP contribution in [-0.2, 0) is 9.84 Å². The van der Waals surface area contributed by atoms with Crippen molar-refractivity contribution in [3.05, 3.63) is 40.9 Å². The van der Waals surface area contributed by atoms with Gasteiger partial charge in [0.2, 0.25) is 0 Å². The number of carbonyl (C=O) groups excluding carboxylic acids is 1. The number of hydrogen-bond acceptors (Lipinski definition) is 5. The maximum Gasteiger partial charge on any atom is 0.265 e. The van der Waals surface area contributed by atoms with Gasteiger partial charge in [-0.2, -0.15) is 5.10 Å². The molecule has 1 aromatic carbocycles. The van der Waals surface area contributed by atoms with E-state index in [9.17, 15) is 13.2 Å². The van der Waals surface area contributed by atoms with E-state index in [0.29, 0.717) is 16.6 Å². The van der Waals surface area contributed by atoms with Crippen LogP contribution < -0.4 is 5.32 Å². The number of aryl methyl sites for hydroxylation is 1. The smallest absolute Gasteiger partial charge is 0.265 e. The molecule has 148 valence electrons. The number of amides is 1. The number of rotatable bonds is 4. The van der Waals surface area contributed by atoms with E-state index >= 15 is 0 Å². The Balaban J connectivity index is 1.58. The van der Waals surface area contributed by atoms with Crippen LogP contribution in [0.15, 0.2) is 35.2 Å². The Morgan fingerprint density at radius 2 is 1.86 bits per heavy atom. The van der Waals surface area contributed by atoms with Gasteiger partial charge in [-0.3, -0.25) is 9.48 Å². The first kappa shape index (κ1) is 19.1. The van der Waals surface area contributed by atoms with Crippen LogP contribution in [-0.4, -0.2) is 30.4 Å². The topological polar surface area (TPSA) is 81.1 Å². The Labute approximate surface area is 168 Å². The predicted octanol–water partition coefficient (Wildman–Crippen LogP) is 4.57. The lowest BCUT2D eigenvalue weighted by molar-refractivity contribution is 0.103. The van der Waals surface area contributed by atoms with Crippen LogP contribution >= 0.6 is 11.3 Å². The second-order valence-corrected chi connectivity index (χ2v) is 10.4. The Bertz CT molecular complexity index is 1120. The lowest BCUT2D eigenvalue weighted by Gasteiger charge is -2.22. The van der Waals surface area contributed by atoms with Gasteiger partial charge in [0.05, 0.1) is 21.5 Å². The van der Waals surface area contributed by atoms with Crippen LogP contribution in [0.4, 0.5) is 5.69 Å². The average Bonchev–Trinajstić information content (AvgIpc) is 3.23. The predicted molar refractivity (Wildman–Crippen MR) is 112 cm³/mol. The van der Waals surface area contributed by atoms with Gasteiger partial charge in [0.15, 0.2) is 9.84 Å². The van der Waals surface area contributed by atoms with Gasteiger partial charge in [-0.15, -0.1) is 11.3 Å². The second kappa shape index (κ2) is 7.33. The zero-order valence-corrected chi connectivity index (χ0v) is 17.6. The van der Waals surface area contributed by atoms with Gasteiger partial charge in [-0.05, 0) is 50.1 Å². The number of hydrogen-bond donors (Lipinski definition) is 1. The van der Waals surface area contributed by atoms with Gasteiger partial charge < -0.3 is 5.32 Å². The highest BCUT2D eigenvalue weighted by molar-refractivity contribution is 7.90. The first-order chi connectivity index (χ1) is 13.3. The highest BCUT2D eigenvalue weighted by Crippen LogP contribution is 2.35. The summed E-state index contributed by atoms with van der Waals surface area (Å²) in [7, 11) is -3.25. The molecule has 0 unspecified atom stereocenters. The van der Waals surface area contributed by atoms with Crippen LogP contribution in [0.25, 0.3) is 10.2 Å². The van der Waals surface area contributed by atoms with E-state index in [1.54, 1.807) is 12.1 Å². The molecular formula is C20H23N3O3S2. The molecule has 1 aliphatic rings. The van der Waals surface area contributed by atoms with E-state index in [-0.39, 0.29) is 10.8 Å². The number of carbonyl (C=O) groups is 1. The monoisotopic (exact) mass is 417 g/mol. The summed E-state index contributed by atoms with van der Waals surface area (Å²) in [5.41, 5.74) is 1.52. The number of fused-ring (bicyclic) bond motifs is 1. The SMILES string of the molecule is Cc1nn(C2CCCCC2)c2sc(C(=O)Nc3ccc(S(C)(=O)=O)cc3)cc12. The number of nitrogens with zero attached hydrogens (tertiary/aromatic N) is 2. The molecule has 4 rings (SSSR count). The fourth-order valence-electron chi connectivity index (χ4n) is 3.73. The van der Waals surface area contributed by atoms with Gasteiger partial charge in [0.25, 0.3) is 5.91 Å². The van der Waals surface area contributed by atoms with E-state index in [1.807, 2.05) is 13.0 Å². The molecule has 6 nitrogen and oxygen atoms in total. The summed E-state index contributed by atoms with van der Waals surface area (Å²) in [5.74, 6) is -0.192. The molecule has 0 saturated heterocycles. The standard InChI is InChI=1S/C20H23N3O3S2/c1-13-17-12-18(27-20(17)23(22-13)15-6-4-3-5-7-15)19(24)21-14-8-10-16(11-9-14)28(2,25)26/h8-12,15H,3-7H2,1-2H3,(H,21,24). The average molecular weight is 418 g/mol. The van der Waals surface area contributed by atoms with E-state index < -0.39 is 9.84 Å². The Hall–Kier alpha value is -2.19. The molecular weight excluding hydrogens is 394 g/mol. The largest absolute Gasteiger partial charge is 0.321 e. The first-order valence-corrected chi connectivity index (χ1v) is 12.1. The van der Waals surface area contributed by atoms with Crippen molar-refractivity contribution in [2.45, 2.75) is 50.0 Å². The maximum absolute atomic E-state index is 12.7. The van der Waals surface area contributed by atoms with Crippen LogP contribution in [0, 0.1) is 6.92 Å². The Morgan fingerprint density at radius 1 is 1.18 bits per heavy atom. The minimum atomic E-state index is -3.25. The molecule has 28 heavy (non-hydrogen) atoms. The molecule has 1 N–H and O–H groups in total. The fraction of sp³-hybridized carbons (Fsp3) is 0.400. The summed E-state index contributed by atoms with van der Waals surface area (Å²) >= 11 is 1.47. The number of sulfone groups is 1. The van der Waals surface area contributed by atoms with E-state index in [2.05, 4.69) is 10.00 Å². The quantitative estimate of drug-likeness (QED) is 0.674. The summed E-state index contributed by atoms with van der Waals surface area (Å²) in [5, 5.41) is 8.62. The van der Waals surface area contributed by atoms with Crippen molar-refractivity contribution in [3.63, 3.8) is 0 Å². The number of anilines is 1. The first-order valence-electron chi connectivity index (χ1n) is 9.43. The molecule has 1 fully saturated rings. The van der Waals surface area contributed by atoms with Crippen LogP contribution in [0.3, 0.4) is 0 Å². The Morgan fingerprint density at radius 3 is 2.50 bits per heavy atom. The molecule has 0 radical (unpaired) electrons. The van der Waals surface area contributed by atoms with Crippen LogP contribution in [0.5, 0.6) is 0 Å². The summed E-state index contributed by atoms with van der Waals surface area (Å²) in [6, 6.07) is 8.54. The number of aromatic nitrogens is 2. The van der Waals surface area contributed by atoms with Gasteiger partial charge >= 0.3 is 0 Å². The molecule has 8 heteroatoms. The van der Waals surface area contributed by atoms with Crippen molar-refractivity contribution < 1.29 is 13.2 Å². The normalized spacial score (nSPS) is 15.8. The summed E-state index contributed by atoms with van der Waals surface area (Å²) in [4.78, 5) is 14.6. The van der Waals surface area contributed by atoms with Crippen molar-refractivity contribution in [2.75, 3.05) is 11.6 Å². The third-order valence-electron chi connectivity index (χ3n) is 5.25. The molecule has 2 heterocycles. The minimum Gasteiger partial charge on any atom is -0.321 e. The molecule has 0 spiro atoms. The van der Waals surface area contributed by atoms with E-state index in [1.165, 1.54) is 42.7 Å². The molecule has 3 aromatic rings. The lowest BCUT2D eigenvalue weighted by atomic mass is 9.96. The van der Waals surface area contributed by atoms with Gasteiger partial charge in [-0.25, -0.2) is 8.42 Å². The van der Waals surface area contributed by atoms with Crippen LogP contribution in [0.2, 0.25) is 0 Å². The summed E-state index contributed by atoms with van der Waals surface area (Å²) in [6.07, 6.45) is 7.19. The number of thiophene rings is 1. The highest BCUT2D eigenvalue weighted by Gasteiger charge is 2.22. The third-order valence-corrected chi connectivity index (χ3v) is 7.50. The second-order valence-electron chi connectivity index (χ2n) is 7.40. The van der Waals surface area contributed by atoms with Crippen molar-refractivity contribution >= 4 is 43.0 Å². The summed E-state index contributed by atoms with van der Waals surface area (Å²) in [6.45, 7) is 1.99. The molecule has 0 bridgehead atoms. The molecule has 1 saturated carbocycles. The van der Waals surface area contributed by atoms with Gasteiger partial charge in [0, 0.05) is 17.3 Å². The van der Waals surface area contributed by atoms with Crippen LogP contribution in [0.1, 0.15) is 53.5 Å². The van der Waals surface area contributed by atoms with Crippen molar-refractivity contribution in [1.29, 1.82) is 0 Å². The maximum atomic E-state index is 12.7. The zero-order chi connectivity index (χ0) is 19.9. The van der Waals surface area contributed by atoms with Crippen molar-refractivity contribution in [3.8, 4) is 0 Å².